The van der Waals surface area contributed by atoms with E-state index < -0.39 is 0 Å². The zero-order valence-electron chi connectivity index (χ0n) is 10.5. The summed E-state index contributed by atoms with van der Waals surface area (Å²) >= 11 is 5.18. The van der Waals surface area contributed by atoms with Gasteiger partial charge >= 0.3 is 0 Å². The summed E-state index contributed by atoms with van der Waals surface area (Å²) in [6.45, 7) is 0.444. The van der Waals surface area contributed by atoms with Crippen molar-refractivity contribution in [2.75, 3.05) is 12.8 Å². The second kappa shape index (κ2) is 6.88. The number of benzene rings is 1. The number of hydrogen-bond donors (Lipinski definition) is 1. The lowest BCUT2D eigenvalue weighted by molar-refractivity contribution is 0.181. The van der Waals surface area contributed by atoms with Crippen LogP contribution in [0.4, 0.5) is 5.82 Å². The van der Waals surface area contributed by atoms with Gasteiger partial charge in [0.2, 0.25) is 0 Å². The first-order chi connectivity index (χ1) is 9.19. The predicted molar refractivity (Wildman–Crippen MR) is 80.9 cm³/mol. The molecule has 1 aromatic carbocycles. The molecule has 19 heavy (non-hydrogen) atoms. The van der Waals surface area contributed by atoms with Crippen LogP contribution >= 0.6 is 27.7 Å². The van der Waals surface area contributed by atoms with Crippen molar-refractivity contribution in [3.63, 3.8) is 0 Å². The van der Waals surface area contributed by atoms with E-state index in [1.807, 2.05) is 18.2 Å². The van der Waals surface area contributed by atoms with E-state index in [1.165, 1.54) is 0 Å². The Labute approximate surface area is 124 Å². The van der Waals surface area contributed by atoms with Crippen molar-refractivity contribution >= 4 is 33.5 Å². The van der Waals surface area contributed by atoms with Crippen molar-refractivity contribution < 1.29 is 4.74 Å². The summed E-state index contributed by atoms with van der Waals surface area (Å²) in [7, 11) is 1.63. The average Bonchev–Trinajstić information content (AvgIpc) is 2.37. The largest absolute Gasteiger partial charge is 0.384 e. The highest BCUT2D eigenvalue weighted by Gasteiger charge is 2.05. The van der Waals surface area contributed by atoms with Gasteiger partial charge in [-0.1, -0.05) is 12.1 Å². The molecule has 2 aromatic rings. The third-order valence-corrected chi connectivity index (χ3v) is 4.35. The fraction of sp³-hybridized carbons (Fsp3) is 0.231. The Bertz CT molecular complexity index is 565. The lowest BCUT2D eigenvalue weighted by Gasteiger charge is -2.06. The Hall–Kier alpha value is -1.11. The van der Waals surface area contributed by atoms with Gasteiger partial charge in [0.25, 0.3) is 0 Å². The van der Waals surface area contributed by atoms with E-state index in [-0.39, 0.29) is 0 Å². The highest BCUT2D eigenvalue weighted by molar-refractivity contribution is 9.10. The molecule has 0 spiro atoms. The van der Waals surface area contributed by atoms with Gasteiger partial charge in [-0.15, -0.1) is 11.8 Å². The predicted octanol–water partition coefficient (Wildman–Crippen LogP) is 3.26. The van der Waals surface area contributed by atoms with Gasteiger partial charge in [-0.3, -0.25) is 0 Å². The number of hydrogen-bond acceptors (Lipinski definition) is 5. The molecule has 0 aliphatic heterocycles. The number of aromatic nitrogens is 2. The van der Waals surface area contributed by atoms with Crippen LogP contribution in [0.25, 0.3) is 0 Å². The number of rotatable bonds is 5. The minimum absolute atomic E-state index is 0.444. The van der Waals surface area contributed by atoms with Gasteiger partial charge < -0.3 is 10.5 Å². The summed E-state index contributed by atoms with van der Waals surface area (Å²) < 4.78 is 6.13. The van der Waals surface area contributed by atoms with Crippen LogP contribution in [-0.2, 0) is 17.1 Å². The van der Waals surface area contributed by atoms with E-state index in [0.29, 0.717) is 24.0 Å². The standard InChI is InChI=1S/C13H14BrN3OS/c1-18-7-9-6-12(15)17-13(16-9)8-19-11-5-3-2-4-10(11)14/h2-6H,7-8H2,1H3,(H2,15,16,17). The number of nitrogens with two attached hydrogens (primary N) is 1. The first-order valence-corrected chi connectivity index (χ1v) is 7.45. The summed E-state index contributed by atoms with van der Waals surface area (Å²) in [5, 5.41) is 0. The van der Waals surface area contributed by atoms with Crippen LogP contribution in [0.1, 0.15) is 11.5 Å². The quantitative estimate of drug-likeness (QED) is 0.847. The van der Waals surface area contributed by atoms with E-state index in [0.717, 1.165) is 15.1 Å². The van der Waals surface area contributed by atoms with Gasteiger partial charge in [-0.25, -0.2) is 9.97 Å². The normalized spacial score (nSPS) is 10.6. The summed E-state index contributed by atoms with van der Waals surface area (Å²) in [5.41, 5.74) is 6.57. The molecule has 0 aliphatic rings. The van der Waals surface area contributed by atoms with E-state index in [9.17, 15) is 0 Å². The fourth-order valence-electron chi connectivity index (χ4n) is 1.57. The van der Waals surface area contributed by atoms with Crippen molar-refractivity contribution in [3.05, 3.63) is 46.3 Å². The van der Waals surface area contributed by atoms with Gasteiger partial charge in [0.05, 0.1) is 18.1 Å². The lowest BCUT2D eigenvalue weighted by Crippen LogP contribution is -2.03. The van der Waals surface area contributed by atoms with Gasteiger partial charge in [-0.05, 0) is 28.1 Å². The maximum atomic E-state index is 5.76. The van der Waals surface area contributed by atoms with Crippen molar-refractivity contribution in [1.82, 2.24) is 9.97 Å². The molecule has 2 N–H and O–H groups in total. The number of methoxy groups -OCH3 is 1. The van der Waals surface area contributed by atoms with Gasteiger partial charge in [0, 0.05) is 22.5 Å². The van der Waals surface area contributed by atoms with Gasteiger partial charge in [0.15, 0.2) is 0 Å². The molecule has 0 amide bonds. The van der Waals surface area contributed by atoms with Crippen LogP contribution in [0.5, 0.6) is 0 Å². The zero-order chi connectivity index (χ0) is 13.7. The minimum atomic E-state index is 0.444. The third-order valence-electron chi connectivity index (χ3n) is 2.33. The molecule has 0 saturated carbocycles. The maximum Gasteiger partial charge on any atom is 0.141 e. The Morgan fingerprint density at radius 3 is 2.84 bits per heavy atom. The Balaban J connectivity index is 2.09. The Morgan fingerprint density at radius 1 is 1.32 bits per heavy atom. The molecule has 0 bridgehead atoms. The lowest BCUT2D eigenvalue weighted by atomic mass is 10.4. The van der Waals surface area contributed by atoms with Gasteiger partial charge in [-0.2, -0.15) is 0 Å². The molecule has 0 fully saturated rings. The van der Waals surface area contributed by atoms with Crippen molar-refractivity contribution in [2.45, 2.75) is 17.3 Å². The van der Waals surface area contributed by atoms with Crippen LogP contribution in [0, 0.1) is 0 Å². The topological polar surface area (TPSA) is 61.0 Å². The molecule has 0 aliphatic carbocycles. The summed E-state index contributed by atoms with van der Waals surface area (Å²) in [6, 6.07) is 9.79. The number of ether oxygens (including phenoxy) is 1. The highest BCUT2D eigenvalue weighted by atomic mass is 79.9. The maximum absolute atomic E-state index is 5.76. The molecule has 0 saturated heterocycles. The van der Waals surface area contributed by atoms with Gasteiger partial charge in [0.1, 0.15) is 11.6 Å². The number of thioether (sulfide) groups is 1. The van der Waals surface area contributed by atoms with Crippen molar-refractivity contribution in [1.29, 1.82) is 0 Å². The summed E-state index contributed by atoms with van der Waals surface area (Å²) in [5.74, 6) is 1.86. The van der Waals surface area contributed by atoms with E-state index in [2.05, 4.69) is 32.0 Å². The molecule has 0 unspecified atom stereocenters. The third kappa shape index (κ3) is 4.19. The molecule has 1 aromatic heterocycles. The molecular weight excluding hydrogens is 326 g/mol. The molecule has 0 radical (unpaired) electrons. The van der Waals surface area contributed by atoms with E-state index >= 15 is 0 Å². The minimum Gasteiger partial charge on any atom is -0.384 e. The SMILES string of the molecule is COCc1cc(N)nc(CSc2ccccc2Br)n1. The molecule has 2 rings (SSSR count). The van der Waals surface area contributed by atoms with Crippen molar-refractivity contribution in [2.24, 2.45) is 0 Å². The van der Waals surface area contributed by atoms with Crippen LogP contribution in [0.3, 0.4) is 0 Å². The van der Waals surface area contributed by atoms with Crippen LogP contribution < -0.4 is 5.73 Å². The smallest absolute Gasteiger partial charge is 0.141 e. The van der Waals surface area contributed by atoms with E-state index in [1.54, 1.807) is 24.9 Å². The first-order valence-electron chi connectivity index (χ1n) is 5.67. The summed E-state index contributed by atoms with van der Waals surface area (Å²) in [4.78, 5) is 9.81. The van der Waals surface area contributed by atoms with Crippen molar-refractivity contribution in [3.8, 4) is 0 Å². The molecule has 4 nitrogen and oxygen atoms in total. The van der Waals surface area contributed by atoms with Crippen LogP contribution in [0.15, 0.2) is 39.7 Å². The number of nitrogen functional groups attached to an aromatic ring is 1. The number of nitrogens with zero attached hydrogens (tertiary/aromatic N) is 2. The molecule has 0 atom stereocenters. The second-order valence-corrected chi connectivity index (χ2v) is 5.72. The number of halogens is 1. The molecule has 6 heteroatoms. The van der Waals surface area contributed by atoms with E-state index in [4.69, 9.17) is 10.5 Å². The molecule has 1 heterocycles. The highest BCUT2D eigenvalue weighted by Crippen LogP contribution is 2.29. The average molecular weight is 340 g/mol. The fourth-order valence-corrected chi connectivity index (χ4v) is 2.99. The second-order valence-electron chi connectivity index (χ2n) is 3.85. The zero-order valence-corrected chi connectivity index (χ0v) is 12.9. The van der Waals surface area contributed by atoms with Crippen LogP contribution in [0.2, 0.25) is 0 Å². The molecule has 100 valence electrons. The Morgan fingerprint density at radius 2 is 2.11 bits per heavy atom. The summed E-state index contributed by atoms with van der Waals surface area (Å²) in [6.07, 6.45) is 0. The Kier molecular flexibility index (Phi) is 5.18. The first kappa shape index (κ1) is 14.3. The number of anilines is 1. The monoisotopic (exact) mass is 339 g/mol. The molecular formula is C13H14BrN3OS. The van der Waals surface area contributed by atoms with Crippen LogP contribution in [-0.4, -0.2) is 17.1 Å².